The molecule has 0 aromatic rings. The normalized spacial score (nSPS) is 16.7. The summed E-state index contributed by atoms with van der Waals surface area (Å²) in [5, 5.41) is 16.7. The molecule has 3 N–H and O–H groups in total. The number of hydrogen-bond acceptors (Lipinski definition) is 6. The van der Waals surface area contributed by atoms with Gasteiger partial charge in [-0.3, -0.25) is 9.59 Å². The van der Waals surface area contributed by atoms with Crippen LogP contribution >= 0.6 is 11.6 Å². The van der Waals surface area contributed by atoms with Crippen LogP contribution in [0.1, 0.15) is 81.6 Å². The van der Waals surface area contributed by atoms with Crippen molar-refractivity contribution in [1.82, 2.24) is 10.6 Å². The van der Waals surface area contributed by atoms with Crippen LogP contribution in [-0.4, -0.2) is 56.6 Å². The minimum atomic E-state index is -2.01. The number of halogens is 1. The monoisotopic (exact) mass is 678 g/mol. The fourth-order valence-corrected chi connectivity index (χ4v) is 5.38. The summed E-state index contributed by atoms with van der Waals surface area (Å²) in [5.74, 6) is -1.32. The predicted molar refractivity (Wildman–Crippen MR) is 193 cm³/mol. The molecule has 46 heavy (non-hydrogen) atoms. The molecule has 0 spiro atoms. The number of carbonyl (C=O) groups is 3. The number of amides is 2. The molecule has 0 aromatic heterocycles. The lowest BCUT2D eigenvalue weighted by molar-refractivity contribution is -0.134. The van der Waals surface area contributed by atoms with E-state index in [-0.39, 0.29) is 23.0 Å². The summed E-state index contributed by atoms with van der Waals surface area (Å²) in [6.45, 7) is 22.3. The molecule has 0 heterocycles. The molecule has 4 unspecified atom stereocenters. The van der Waals surface area contributed by atoms with Crippen LogP contribution in [0.15, 0.2) is 71.5 Å². The van der Waals surface area contributed by atoms with Gasteiger partial charge in [0.15, 0.2) is 8.32 Å². The van der Waals surface area contributed by atoms with Crippen molar-refractivity contribution in [3.63, 3.8) is 0 Å². The Morgan fingerprint density at radius 2 is 1.54 bits per heavy atom. The van der Waals surface area contributed by atoms with Gasteiger partial charge in [0.1, 0.15) is 6.04 Å². The highest BCUT2D eigenvalue weighted by Crippen LogP contribution is 2.38. The van der Waals surface area contributed by atoms with Crippen LogP contribution in [0.4, 0.5) is 0 Å². The molecular weight excluding hydrogens is 620 g/mol. The summed E-state index contributed by atoms with van der Waals surface area (Å²) in [6.07, 6.45) is 17.6. The van der Waals surface area contributed by atoms with Crippen molar-refractivity contribution < 1.29 is 28.7 Å². The first-order chi connectivity index (χ1) is 21.1. The number of allylic oxidation sites excluding steroid dienone is 5. The van der Waals surface area contributed by atoms with Gasteiger partial charge in [0.2, 0.25) is 11.8 Å². The Hall–Kier alpha value is -2.72. The van der Waals surface area contributed by atoms with Crippen LogP contribution in [0, 0.1) is 11.3 Å². The number of aliphatic hydroxyl groups excluding tert-OH is 1. The van der Waals surface area contributed by atoms with Crippen LogP contribution in [0.5, 0.6) is 0 Å². The molecule has 0 aliphatic heterocycles. The number of esters is 1. The summed E-state index contributed by atoms with van der Waals surface area (Å²) in [7, 11) is -0.705. The first kappa shape index (κ1) is 43.3. The zero-order chi connectivity index (χ0) is 35.7. The van der Waals surface area contributed by atoms with Gasteiger partial charge in [-0.2, -0.15) is 0 Å². The van der Waals surface area contributed by atoms with Gasteiger partial charge in [-0.1, -0.05) is 108 Å². The van der Waals surface area contributed by atoms with E-state index >= 15 is 0 Å². The Bertz CT molecular complexity index is 1170. The van der Waals surface area contributed by atoms with E-state index in [4.69, 9.17) is 16.0 Å². The molecule has 2 amide bonds. The van der Waals surface area contributed by atoms with Gasteiger partial charge < -0.3 is 24.9 Å². The molecule has 0 aliphatic rings. The van der Waals surface area contributed by atoms with Crippen LogP contribution in [0.3, 0.4) is 0 Å². The highest BCUT2D eigenvalue weighted by Gasteiger charge is 2.38. The topological polar surface area (TPSA) is 114 Å². The Labute approximate surface area is 284 Å². The van der Waals surface area contributed by atoms with E-state index in [9.17, 15) is 19.5 Å². The Morgan fingerprint density at radius 1 is 0.935 bits per heavy atom. The smallest absolute Gasteiger partial charge is 0.330 e. The van der Waals surface area contributed by atoms with E-state index < -0.39 is 37.8 Å². The van der Waals surface area contributed by atoms with Crippen molar-refractivity contribution in [2.24, 2.45) is 11.3 Å². The molecule has 4 atom stereocenters. The second-order valence-corrected chi connectivity index (χ2v) is 19.6. The molecule has 0 saturated carbocycles. The van der Waals surface area contributed by atoms with Crippen molar-refractivity contribution in [2.45, 2.75) is 118 Å². The molecule has 0 aliphatic carbocycles. The fourth-order valence-electron chi connectivity index (χ4n) is 3.91. The molecular formula is C36H59ClN2O6Si. The molecule has 0 rings (SSSR count). The van der Waals surface area contributed by atoms with E-state index in [0.29, 0.717) is 24.3 Å². The van der Waals surface area contributed by atoms with Crippen LogP contribution in [0.25, 0.3) is 0 Å². The summed E-state index contributed by atoms with van der Waals surface area (Å²) in [4.78, 5) is 37.0. The summed E-state index contributed by atoms with van der Waals surface area (Å²) in [5.41, 5.74) is 0.369. The zero-order valence-electron chi connectivity index (χ0n) is 30.1. The number of methoxy groups -OCH3 is 1. The maximum atomic E-state index is 13.1. The lowest BCUT2D eigenvalue weighted by Gasteiger charge is -2.39. The highest BCUT2D eigenvalue weighted by atomic mass is 35.5. The number of carbonyl (C=O) groups excluding carboxylic acids is 3. The van der Waals surface area contributed by atoms with Crippen molar-refractivity contribution in [3.8, 4) is 0 Å². The van der Waals surface area contributed by atoms with E-state index in [0.717, 1.165) is 5.57 Å². The van der Waals surface area contributed by atoms with Crippen LogP contribution < -0.4 is 10.6 Å². The maximum absolute atomic E-state index is 13.1. The summed E-state index contributed by atoms with van der Waals surface area (Å²) >= 11 is 6.09. The molecule has 0 fully saturated rings. The second kappa shape index (κ2) is 20.5. The Balaban J connectivity index is 5.26. The standard InChI is InChI=1S/C36H59ClN2O6Si/c1-26(25-27(2)30(40)19-15-21-32(42)44-10)17-13-14-20-31(41)39-33(35(4,5)6)34(43)38-24-16-18-29(23-22-28(3)37)45-46(11,12)36(7,8)9/h13-17,20-22,24-25,27,29-30,33,40H,18-19,23H2,1-12H3,(H,38,43)(H,39,41)/b17-13-,20-14-,21-15+,24-16-,26-25+,28-22+. The van der Waals surface area contributed by atoms with E-state index in [1.54, 1.807) is 24.4 Å². The third kappa shape index (κ3) is 18.4. The van der Waals surface area contributed by atoms with Gasteiger partial charge in [-0.15, -0.1) is 0 Å². The van der Waals surface area contributed by atoms with E-state index in [1.807, 2.05) is 65.8 Å². The molecule has 10 heteroatoms. The van der Waals surface area contributed by atoms with Crippen molar-refractivity contribution in [2.75, 3.05) is 7.11 Å². The number of hydrogen-bond donors (Lipinski definition) is 3. The van der Waals surface area contributed by atoms with E-state index in [1.165, 1.54) is 19.3 Å². The molecule has 0 radical (unpaired) electrons. The van der Waals surface area contributed by atoms with Crippen LogP contribution in [-0.2, 0) is 23.5 Å². The van der Waals surface area contributed by atoms with E-state index in [2.05, 4.69) is 49.2 Å². The lowest BCUT2D eigenvalue weighted by Crippen LogP contribution is -2.52. The largest absolute Gasteiger partial charge is 0.466 e. The first-order valence-electron chi connectivity index (χ1n) is 15.8. The van der Waals surface area contributed by atoms with Crippen molar-refractivity contribution in [1.29, 1.82) is 0 Å². The van der Waals surface area contributed by atoms with Gasteiger partial charge >= 0.3 is 5.97 Å². The number of nitrogens with one attached hydrogen (secondary N) is 2. The van der Waals surface area contributed by atoms with Gasteiger partial charge in [0.25, 0.3) is 0 Å². The minimum Gasteiger partial charge on any atom is -0.466 e. The van der Waals surface area contributed by atoms with Crippen molar-refractivity contribution in [3.05, 3.63) is 71.5 Å². The molecule has 260 valence electrons. The lowest BCUT2D eigenvalue weighted by atomic mass is 9.86. The highest BCUT2D eigenvalue weighted by molar-refractivity contribution is 6.74. The SMILES string of the molecule is COC(=O)/C=C/CC(O)C(C)/C=C(C)/C=C\C=C/C(=O)NC(C(=O)N/C=C\CC(C/C=C(\C)Cl)O[Si](C)(C)C(C)(C)C)C(C)(C)C. The molecule has 0 bridgehead atoms. The number of aliphatic hydroxyl groups is 1. The zero-order valence-corrected chi connectivity index (χ0v) is 31.8. The predicted octanol–water partition coefficient (Wildman–Crippen LogP) is 7.64. The molecule has 0 saturated heterocycles. The third-order valence-corrected chi connectivity index (χ3v) is 12.5. The van der Waals surface area contributed by atoms with Crippen molar-refractivity contribution >= 4 is 37.7 Å². The van der Waals surface area contributed by atoms with Gasteiger partial charge in [0.05, 0.1) is 19.3 Å². The average molecular weight is 679 g/mol. The summed E-state index contributed by atoms with van der Waals surface area (Å²) < 4.78 is 11.1. The van der Waals surface area contributed by atoms with Gasteiger partial charge in [-0.25, -0.2) is 4.79 Å². The molecule has 8 nitrogen and oxygen atoms in total. The second-order valence-electron chi connectivity index (χ2n) is 14.2. The summed E-state index contributed by atoms with van der Waals surface area (Å²) in [6, 6.07) is -0.767. The number of rotatable bonds is 17. The number of ether oxygens (including phenoxy) is 1. The van der Waals surface area contributed by atoms with Crippen LogP contribution in [0.2, 0.25) is 18.1 Å². The van der Waals surface area contributed by atoms with Gasteiger partial charge in [0, 0.05) is 23.1 Å². The average Bonchev–Trinajstić information content (AvgIpc) is 2.92. The fraction of sp³-hybridized carbons (Fsp3) is 0.583. The third-order valence-electron chi connectivity index (χ3n) is 7.77. The molecule has 0 aromatic carbocycles. The maximum Gasteiger partial charge on any atom is 0.330 e. The Kier molecular flexibility index (Phi) is 19.3. The quantitative estimate of drug-likeness (QED) is 0.0631. The Morgan fingerprint density at radius 3 is 2.09 bits per heavy atom. The first-order valence-corrected chi connectivity index (χ1v) is 19.1. The minimum absolute atomic E-state index is 0.0649. The van der Waals surface area contributed by atoms with Gasteiger partial charge in [-0.05, 0) is 62.9 Å².